The number of thioether (sulfide) groups is 1. The molecule has 0 saturated carbocycles. The van der Waals surface area contributed by atoms with E-state index in [2.05, 4.69) is 45.1 Å². The monoisotopic (exact) mass is 281 g/mol. The highest BCUT2D eigenvalue weighted by Gasteiger charge is 2.15. The van der Waals surface area contributed by atoms with Crippen LogP contribution in [0.25, 0.3) is 0 Å². The molecule has 0 fully saturated rings. The summed E-state index contributed by atoms with van der Waals surface area (Å²) >= 11 is 1.92. The van der Waals surface area contributed by atoms with Crippen LogP contribution in [0.2, 0.25) is 0 Å². The van der Waals surface area contributed by atoms with Gasteiger partial charge in [0.15, 0.2) is 0 Å². The number of aryl methyl sites for hydroxylation is 3. The minimum Gasteiger partial charge on any atom is -0.396 e. The molecule has 0 amide bonds. The third kappa shape index (κ3) is 5.17. The molecule has 0 spiro atoms. The molecule has 3 heteroatoms. The van der Waals surface area contributed by atoms with Crippen molar-refractivity contribution in [2.45, 2.75) is 40.2 Å². The fourth-order valence-electron chi connectivity index (χ4n) is 2.60. The van der Waals surface area contributed by atoms with E-state index >= 15 is 0 Å². The summed E-state index contributed by atoms with van der Waals surface area (Å²) in [5.41, 5.74) is 5.54. The Bertz CT molecular complexity index is 369. The van der Waals surface area contributed by atoms with Crippen LogP contribution in [0.3, 0.4) is 0 Å². The molecular weight excluding hydrogens is 254 g/mol. The second-order valence-corrected chi connectivity index (χ2v) is 6.22. The highest BCUT2D eigenvalue weighted by Crippen LogP contribution is 2.26. The van der Waals surface area contributed by atoms with Gasteiger partial charge in [-0.1, -0.05) is 24.6 Å². The van der Waals surface area contributed by atoms with Crippen molar-refractivity contribution in [2.75, 3.05) is 24.7 Å². The first-order valence-corrected chi connectivity index (χ1v) is 8.25. The summed E-state index contributed by atoms with van der Waals surface area (Å²) in [6, 6.07) is 4.95. The molecule has 1 rings (SSSR count). The fraction of sp³-hybridized carbons (Fsp3) is 0.625. The van der Waals surface area contributed by atoms with Gasteiger partial charge in [0, 0.05) is 18.4 Å². The van der Waals surface area contributed by atoms with Crippen LogP contribution in [-0.4, -0.2) is 29.8 Å². The lowest BCUT2D eigenvalue weighted by Crippen LogP contribution is -2.25. The summed E-state index contributed by atoms with van der Waals surface area (Å²) < 4.78 is 0. The van der Waals surface area contributed by atoms with E-state index in [9.17, 15) is 0 Å². The molecule has 0 aliphatic rings. The van der Waals surface area contributed by atoms with Gasteiger partial charge in [-0.05, 0) is 56.2 Å². The number of nitrogens with one attached hydrogen (secondary N) is 1. The standard InChI is InChI=1S/C16H27NOS/c1-5-17-15(11-19-8-6-7-18)16-13(3)9-12(2)10-14(16)4/h9-10,15,17-18H,5-8,11H2,1-4H3. The van der Waals surface area contributed by atoms with E-state index < -0.39 is 0 Å². The molecule has 0 aliphatic carbocycles. The van der Waals surface area contributed by atoms with Gasteiger partial charge < -0.3 is 10.4 Å². The van der Waals surface area contributed by atoms with E-state index in [0.717, 1.165) is 24.5 Å². The van der Waals surface area contributed by atoms with Crippen LogP contribution >= 0.6 is 11.8 Å². The Morgan fingerprint density at radius 1 is 1.21 bits per heavy atom. The third-order valence-electron chi connectivity index (χ3n) is 3.27. The second-order valence-electron chi connectivity index (χ2n) is 5.07. The van der Waals surface area contributed by atoms with E-state index in [0.29, 0.717) is 12.6 Å². The maximum absolute atomic E-state index is 8.84. The van der Waals surface area contributed by atoms with Gasteiger partial charge in [0.2, 0.25) is 0 Å². The summed E-state index contributed by atoms with van der Waals surface area (Å²) in [7, 11) is 0. The third-order valence-corrected chi connectivity index (χ3v) is 4.41. The van der Waals surface area contributed by atoms with E-state index in [4.69, 9.17) is 5.11 Å². The highest BCUT2D eigenvalue weighted by atomic mass is 32.2. The quantitative estimate of drug-likeness (QED) is 0.717. The summed E-state index contributed by atoms with van der Waals surface area (Å²) in [6.45, 7) is 10.0. The molecule has 2 N–H and O–H groups in total. The first-order chi connectivity index (χ1) is 9.10. The zero-order valence-corrected chi connectivity index (χ0v) is 13.4. The van der Waals surface area contributed by atoms with Crippen molar-refractivity contribution < 1.29 is 5.11 Å². The zero-order valence-electron chi connectivity index (χ0n) is 12.6. The molecule has 1 aromatic rings. The largest absolute Gasteiger partial charge is 0.396 e. The predicted molar refractivity (Wildman–Crippen MR) is 86.1 cm³/mol. The molecular formula is C16H27NOS. The zero-order chi connectivity index (χ0) is 14.3. The van der Waals surface area contributed by atoms with Gasteiger partial charge in [0.25, 0.3) is 0 Å². The van der Waals surface area contributed by atoms with Gasteiger partial charge >= 0.3 is 0 Å². The van der Waals surface area contributed by atoms with Crippen LogP contribution < -0.4 is 5.32 Å². The molecule has 2 nitrogen and oxygen atoms in total. The molecule has 1 atom stereocenters. The van der Waals surface area contributed by atoms with E-state index in [1.165, 1.54) is 22.3 Å². The van der Waals surface area contributed by atoms with Crippen LogP contribution in [0.5, 0.6) is 0 Å². The molecule has 0 aromatic heterocycles. The molecule has 0 bridgehead atoms. The number of hydrogen-bond donors (Lipinski definition) is 2. The maximum Gasteiger partial charge on any atom is 0.0438 e. The van der Waals surface area contributed by atoms with Gasteiger partial charge in [-0.2, -0.15) is 11.8 Å². The van der Waals surface area contributed by atoms with Crippen molar-refractivity contribution in [3.8, 4) is 0 Å². The molecule has 1 unspecified atom stereocenters. The Kier molecular flexibility index (Phi) is 7.51. The normalized spacial score (nSPS) is 12.7. The molecule has 0 saturated heterocycles. The van der Waals surface area contributed by atoms with Gasteiger partial charge in [-0.25, -0.2) is 0 Å². The lowest BCUT2D eigenvalue weighted by Gasteiger charge is -2.23. The van der Waals surface area contributed by atoms with Gasteiger partial charge in [-0.3, -0.25) is 0 Å². The van der Waals surface area contributed by atoms with Crippen LogP contribution in [0, 0.1) is 20.8 Å². The fourth-order valence-corrected chi connectivity index (χ4v) is 3.62. The lowest BCUT2D eigenvalue weighted by molar-refractivity contribution is 0.296. The van der Waals surface area contributed by atoms with Crippen LogP contribution in [0.15, 0.2) is 12.1 Å². The summed E-state index contributed by atoms with van der Waals surface area (Å²) in [5.74, 6) is 2.10. The maximum atomic E-state index is 8.84. The number of hydrogen-bond acceptors (Lipinski definition) is 3. The molecule has 0 aliphatic heterocycles. The lowest BCUT2D eigenvalue weighted by atomic mass is 9.95. The molecule has 1 aromatic carbocycles. The topological polar surface area (TPSA) is 32.3 Å². The first kappa shape index (κ1) is 16.5. The first-order valence-electron chi connectivity index (χ1n) is 7.09. The summed E-state index contributed by atoms with van der Waals surface area (Å²) in [6.07, 6.45) is 0.884. The smallest absolute Gasteiger partial charge is 0.0438 e. The second kappa shape index (κ2) is 8.62. The molecule has 0 heterocycles. The Morgan fingerprint density at radius 3 is 2.37 bits per heavy atom. The van der Waals surface area contributed by atoms with Crippen molar-refractivity contribution in [3.05, 3.63) is 34.4 Å². The van der Waals surface area contributed by atoms with Gasteiger partial charge in [0.05, 0.1) is 0 Å². The van der Waals surface area contributed by atoms with Crippen LogP contribution in [-0.2, 0) is 0 Å². The van der Waals surface area contributed by atoms with Gasteiger partial charge in [0.1, 0.15) is 0 Å². The minimum absolute atomic E-state index is 0.293. The average Bonchev–Trinajstić information content (AvgIpc) is 2.33. The Labute approximate surface area is 122 Å². The SMILES string of the molecule is CCNC(CSCCCO)c1c(C)cc(C)cc1C. The summed E-state index contributed by atoms with van der Waals surface area (Å²) in [5, 5.41) is 12.4. The number of aliphatic hydroxyl groups excluding tert-OH is 1. The minimum atomic E-state index is 0.293. The molecule has 19 heavy (non-hydrogen) atoms. The number of rotatable bonds is 8. The van der Waals surface area contributed by atoms with Crippen molar-refractivity contribution in [3.63, 3.8) is 0 Å². The van der Waals surface area contributed by atoms with Crippen molar-refractivity contribution in [1.82, 2.24) is 5.32 Å². The molecule has 108 valence electrons. The number of benzene rings is 1. The Morgan fingerprint density at radius 2 is 1.84 bits per heavy atom. The van der Waals surface area contributed by atoms with Gasteiger partial charge in [-0.15, -0.1) is 0 Å². The van der Waals surface area contributed by atoms with E-state index in [-0.39, 0.29) is 0 Å². The van der Waals surface area contributed by atoms with Crippen LogP contribution in [0.4, 0.5) is 0 Å². The molecule has 0 radical (unpaired) electrons. The Balaban J connectivity index is 2.80. The van der Waals surface area contributed by atoms with Crippen molar-refractivity contribution >= 4 is 11.8 Å². The highest BCUT2D eigenvalue weighted by molar-refractivity contribution is 7.99. The number of aliphatic hydroxyl groups is 1. The van der Waals surface area contributed by atoms with E-state index in [1.54, 1.807) is 0 Å². The van der Waals surface area contributed by atoms with Crippen molar-refractivity contribution in [1.29, 1.82) is 0 Å². The summed E-state index contributed by atoms with van der Waals surface area (Å²) in [4.78, 5) is 0. The Hall–Kier alpha value is -0.510. The predicted octanol–water partition coefficient (Wildman–Crippen LogP) is 3.38. The average molecular weight is 281 g/mol. The van der Waals surface area contributed by atoms with Crippen molar-refractivity contribution in [2.24, 2.45) is 0 Å². The van der Waals surface area contributed by atoms with Crippen LogP contribution in [0.1, 0.15) is 41.6 Å². The van der Waals surface area contributed by atoms with E-state index in [1.807, 2.05) is 11.8 Å².